The molecule has 0 aromatic heterocycles. The van der Waals surface area contributed by atoms with E-state index in [4.69, 9.17) is 8.85 Å². The summed E-state index contributed by atoms with van der Waals surface area (Å²) in [4.78, 5) is 0. The first-order chi connectivity index (χ1) is 11.7. The summed E-state index contributed by atoms with van der Waals surface area (Å²) in [6.45, 7) is 24.7. The summed E-state index contributed by atoms with van der Waals surface area (Å²) in [5.41, 5.74) is 1.37. The quantitative estimate of drug-likeness (QED) is 0.434. The molecule has 0 saturated heterocycles. The summed E-state index contributed by atoms with van der Waals surface area (Å²) >= 11 is 0. The molecule has 1 rings (SSSR count). The molecule has 1 unspecified atom stereocenters. The van der Waals surface area contributed by atoms with Crippen LogP contribution in [0.3, 0.4) is 0 Å². The Labute approximate surface area is 165 Å². The van der Waals surface area contributed by atoms with Crippen molar-refractivity contribution in [3.63, 3.8) is 0 Å². The molecule has 150 valence electrons. The lowest BCUT2D eigenvalue weighted by molar-refractivity contribution is 0.221. The smallest absolute Gasteiger partial charge is 0.192 e. The van der Waals surface area contributed by atoms with Gasteiger partial charge < -0.3 is 8.85 Å². The summed E-state index contributed by atoms with van der Waals surface area (Å²) < 4.78 is 13.0. The van der Waals surface area contributed by atoms with Crippen LogP contribution in [0, 0.1) is 0 Å². The molecule has 1 atom stereocenters. The highest BCUT2D eigenvalue weighted by Gasteiger charge is 2.38. The van der Waals surface area contributed by atoms with E-state index in [-0.39, 0.29) is 10.1 Å². The summed E-state index contributed by atoms with van der Waals surface area (Å²) in [6, 6.07) is 10.8. The largest absolute Gasteiger partial charge is 0.417 e. The average Bonchev–Trinajstić information content (AvgIpc) is 2.49. The Balaban J connectivity index is 2.79. The SMILES string of the molecule is CC(C)(C)[Si](C)(C)OCCC(CO[Si](C)(C)C(C)(C)C)c1ccccc1. The fourth-order valence-electron chi connectivity index (χ4n) is 2.27. The van der Waals surface area contributed by atoms with Gasteiger partial charge in [-0.2, -0.15) is 0 Å². The molecule has 0 aliphatic carbocycles. The van der Waals surface area contributed by atoms with Crippen molar-refractivity contribution >= 4 is 16.6 Å². The molecule has 0 aliphatic rings. The van der Waals surface area contributed by atoms with Crippen LogP contribution in [0.15, 0.2) is 30.3 Å². The Bertz CT molecular complexity index is 540. The summed E-state index contributed by atoms with van der Waals surface area (Å²) in [6.07, 6.45) is 1.02. The minimum atomic E-state index is -1.74. The number of hydrogen-bond acceptors (Lipinski definition) is 2. The molecule has 0 fully saturated rings. The first-order valence-electron chi connectivity index (χ1n) is 10.0. The van der Waals surface area contributed by atoms with Crippen molar-refractivity contribution in [3.05, 3.63) is 35.9 Å². The van der Waals surface area contributed by atoms with Gasteiger partial charge in [-0.25, -0.2) is 0 Å². The molecule has 1 aromatic rings. The maximum atomic E-state index is 6.56. The van der Waals surface area contributed by atoms with Gasteiger partial charge in [0, 0.05) is 19.1 Å². The van der Waals surface area contributed by atoms with Gasteiger partial charge in [-0.05, 0) is 48.2 Å². The molecule has 4 heteroatoms. The molecule has 0 radical (unpaired) electrons. The highest BCUT2D eigenvalue weighted by Crippen LogP contribution is 2.39. The molecule has 0 heterocycles. The molecule has 26 heavy (non-hydrogen) atoms. The Hall–Kier alpha value is -0.426. The number of hydrogen-bond donors (Lipinski definition) is 0. The van der Waals surface area contributed by atoms with Crippen LogP contribution < -0.4 is 0 Å². The monoisotopic (exact) mass is 394 g/mol. The van der Waals surface area contributed by atoms with Crippen molar-refractivity contribution in [1.29, 1.82) is 0 Å². The van der Waals surface area contributed by atoms with E-state index in [9.17, 15) is 0 Å². The van der Waals surface area contributed by atoms with Crippen LogP contribution >= 0.6 is 0 Å². The minimum absolute atomic E-state index is 0.242. The zero-order valence-electron chi connectivity index (χ0n) is 18.9. The second-order valence-corrected chi connectivity index (χ2v) is 20.2. The second kappa shape index (κ2) is 8.72. The van der Waals surface area contributed by atoms with E-state index in [1.165, 1.54) is 5.56 Å². The summed E-state index contributed by atoms with van der Waals surface area (Å²) in [5.74, 6) is 0.398. The van der Waals surface area contributed by atoms with Crippen LogP contribution in [-0.4, -0.2) is 29.8 Å². The van der Waals surface area contributed by atoms with Crippen LogP contribution in [0.25, 0.3) is 0 Å². The van der Waals surface area contributed by atoms with E-state index in [2.05, 4.69) is 98.1 Å². The highest BCUT2D eigenvalue weighted by atomic mass is 28.4. The first-order valence-corrected chi connectivity index (χ1v) is 15.8. The Morgan fingerprint density at radius 2 is 1.23 bits per heavy atom. The molecular formula is C22H42O2Si2. The first kappa shape index (κ1) is 23.6. The maximum Gasteiger partial charge on any atom is 0.192 e. The van der Waals surface area contributed by atoms with Crippen molar-refractivity contribution in [2.75, 3.05) is 13.2 Å². The molecule has 0 saturated carbocycles. The predicted molar refractivity (Wildman–Crippen MR) is 120 cm³/mol. The van der Waals surface area contributed by atoms with Crippen LogP contribution in [-0.2, 0) is 8.85 Å². The minimum Gasteiger partial charge on any atom is -0.417 e. The maximum absolute atomic E-state index is 6.56. The van der Waals surface area contributed by atoms with Gasteiger partial charge in [-0.1, -0.05) is 71.9 Å². The van der Waals surface area contributed by atoms with Crippen LogP contribution in [0.1, 0.15) is 59.4 Å². The van der Waals surface area contributed by atoms with Crippen molar-refractivity contribution in [2.24, 2.45) is 0 Å². The normalized spacial score (nSPS) is 15.2. The number of benzene rings is 1. The molecule has 0 spiro atoms. The van der Waals surface area contributed by atoms with Crippen molar-refractivity contribution in [2.45, 2.75) is 90.1 Å². The van der Waals surface area contributed by atoms with Crippen molar-refractivity contribution in [1.82, 2.24) is 0 Å². The molecule has 0 aliphatic heterocycles. The van der Waals surface area contributed by atoms with Gasteiger partial charge in [0.15, 0.2) is 16.6 Å². The highest BCUT2D eigenvalue weighted by molar-refractivity contribution is 6.74. The van der Waals surface area contributed by atoms with Gasteiger partial charge in [-0.3, -0.25) is 0 Å². The molecule has 0 amide bonds. The standard InChI is InChI=1S/C22H42O2Si2/c1-21(2,3)25(7,8)23-17-16-20(19-14-12-11-13-15-19)18-24-26(9,10)22(4,5)6/h11-15,20H,16-18H2,1-10H3. The fourth-order valence-corrected chi connectivity index (χ4v) is 4.38. The van der Waals surface area contributed by atoms with Crippen LogP contribution in [0.2, 0.25) is 36.3 Å². The third-order valence-corrected chi connectivity index (χ3v) is 15.5. The van der Waals surface area contributed by atoms with E-state index < -0.39 is 16.6 Å². The van der Waals surface area contributed by atoms with Crippen LogP contribution in [0.4, 0.5) is 0 Å². The third kappa shape index (κ3) is 6.63. The third-order valence-electron chi connectivity index (χ3n) is 6.46. The molecular weight excluding hydrogens is 352 g/mol. The van der Waals surface area contributed by atoms with E-state index in [0.717, 1.165) is 19.6 Å². The lowest BCUT2D eigenvalue weighted by atomic mass is 9.97. The molecule has 0 N–H and O–H groups in total. The lowest BCUT2D eigenvalue weighted by Gasteiger charge is -2.38. The van der Waals surface area contributed by atoms with Gasteiger partial charge in [0.1, 0.15) is 0 Å². The average molecular weight is 395 g/mol. The van der Waals surface area contributed by atoms with E-state index in [1.807, 2.05) is 0 Å². The zero-order chi connectivity index (χ0) is 20.2. The second-order valence-electron chi connectivity index (χ2n) is 10.6. The van der Waals surface area contributed by atoms with E-state index in [1.54, 1.807) is 0 Å². The Morgan fingerprint density at radius 1 is 0.769 bits per heavy atom. The Kier molecular flexibility index (Phi) is 7.92. The van der Waals surface area contributed by atoms with Crippen LogP contribution in [0.5, 0.6) is 0 Å². The summed E-state index contributed by atoms with van der Waals surface area (Å²) in [5, 5.41) is 0.499. The van der Waals surface area contributed by atoms with E-state index >= 15 is 0 Å². The molecule has 1 aromatic carbocycles. The zero-order valence-corrected chi connectivity index (χ0v) is 20.9. The van der Waals surface area contributed by atoms with Gasteiger partial charge >= 0.3 is 0 Å². The van der Waals surface area contributed by atoms with Gasteiger partial charge in [0.2, 0.25) is 0 Å². The van der Waals surface area contributed by atoms with Crippen molar-refractivity contribution in [3.8, 4) is 0 Å². The van der Waals surface area contributed by atoms with Gasteiger partial charge in [0.05, 0.1) is 0 Å². The van der Waals surface area contributed by atoms with E-state index in [0.29, 0.717) is 5.92 Å². The summed E-state index contributed by atoms with van der Waals surface area (Å²) in [7, 11) is -3.43. The molecule has 2 nitrogen and oxygen atoms in total. The van der Waals surface area contributed by atoms with Gasteiger partial charge in [-0.15, -0.1) is 0 Å². The Morgan fingerprint density at radius 3 is 1.69 bits per heavy atom. The predicted octanol–water partition coefficient (Wildman–Crippen LogP) is 7.20. The van der Waals surface area contributed by atoms with Gasteiger partial charge in [0.25, 0.3) is 0 Å². The molecule has 0 bridgehead atoms. The number of rotatable bonds is 8. The lowest BCUT2D eigenvalue weighted by Crippen LogP contribution is -2.42. The topological polar surface area (TPSA) is 18.5 Å². The fraction of sp³-hybridized carbons (Fsp3) is 0.727. The van der Waals surface area contributed by atoms with Crippen molar-refractivity contribution < 1.29 is 8.85 Å².